The van der Waals surface area contributed by atoms with Gasteiger partial charge in [-0.15, -0.1) is 11.8 Å². The zero-order valence-electron chi connectivity index (χ0n) is 17.1. The molecule has 1 heterocycles. The van der Waals surface area contributed by atoms with Crippen molar-refractivity contribution in [3.8, 4) is 0 Å². The van der Waals surface area contributed by atoms with Crippen LogP contribution >= 0.6 is 11.8 Å². The van der Waals surface area contributed by atoms with Crippen LogP contribution in [-0.4, -0.2) is 17.6 Å². The fourth-order valence-corrected chi connectivity index (χ4v) is 4.97. The second kappa shape index (κ2) is 9.35. The highest BCUT2D eigenvalue weighted by Crippen LogP contribution is 2.42. The van der Waals surface area contributed by atoms with Gasteiger partial charge in [-0.3, -0.25) is 14.5 Å². The number of nitrogens with one attached hydrogen (secondary N) is 1. The molecule has 4 rings (SSSR count). The monoisotopic (exact) mass is 434 g/mol. The molecule has 3 aromatic carbocycles. The Labute approximate surface area is 185 Å². The van der Waals surface area contributed by atoms with Crippen LogP contribution in [0.3, 0.4) is 0 Å². The minimum Gasteiger partial charge on any atom is -0.326 e. The number of hydrogen-bond donors (Lipinski definition) is 1. The Kier molecular flexibility index (Phi) is 6.37. The van der Waals surface area contributed by atoms with Gasteiger partial charge in [0.25, 0.3) is 0 Å². The Balaban J connectivity index is 1.50. The Bertz CT molecular complexity index is 1070. The number of benzene rings is 3. The Morgan fingerprint density at radius 2 is 1.84 bits per heavy atom. The maximum Gasteiger partial charge on any atom is 0.238 e. The Morgan fingerprint density at radius 1 is 1.10 bits per heavy atom. The number of amides is 2. The molecule has 31 heavy (non-hydrogen) atoms. The summed E-state index contributed by atoms with van der Waals surface area (Å²) in [5.41, 5.74) is 3.17. The third-order valence-corrected chi connectivity index (χ3v) is 6.56. The number of rotatable bonds is 6. The molecule has 158 valence electrons. The van der Waals surface area contributed by atoms with E-state index >= 15 is 0 Å². The highest BCUT2D eigenvalue weighted by atomic mass is 32.2. The number of carbonyl (C=O) groups is 2. The van der Waals surface area contributed by atoms with E-state index in [0.29, 0.717) is 23.5 Å². The lowest BCUT2D eigenvalue weighted by Gasteiger charge is -2.24. The second-order valence-electron chi connectivity index (χ2n) is 7.39. The fraction of sp³-hybridized carbons (Fsp3) is 0.200. The first kappa shape index (κ1) is 21.1. The molecule has 0 aliphatic carbocycles. The SMILES string of the molecule is CC[C@H](C(=O)Nc1ccc([C@H]2SCC(=O)N2c2cccc(F)c2)cc1)c1ccccc1. The summed E-state index contributed by atoms with van der Waals surface area (Å²) in [4.78, 5) is 26.9. The highest BCUT2D eigenvalue weighted by molar-refractivity contribution is 8.00. The molecule has 1 fully saturated rings. The quantitative estimate of drug-likeness (QED) is 0.538. The van der Waals surface area contributed by atoms with Crippen LogP contribution in [0.2, 0.25) is 0 Å². The van der Waals surface area contributed by atoms with Crippen LogP contribution in [0.15, 0.2) is 78.9 Å². The first-order chi connectivity index (χ1) is 15.1. The Hall–Kier alpha value is -3.12. The second-order valence-corrected chi connectivity index (χ2v) is 8.46. The summed E-state index contributed by atoms with van der Waals surface area (Å²) in [5.74, 6) is -0.343. The number of thioether (sulfide) groups is 1. The number of hydrogen-bond acceptors (Lipinski definition) is 3. The molecule has 1 saturated heterocycles. The van der Waals surface area contributed by atoms with Crippen LogP contribution < -0.4 is 10.2 Å². The van der Waals surface area contributed by atoms with Gasteiger partial charge >= 0.3 is 0 Å². The summed E-state index contributed by atoms with van der Waals surface area (Å²) in [7, 11) is 0. The number of carbonyl (C=O) groups excluding carboxylic acids is 2. The molecule has 1 N–H and O–H groups in total. The van der Waals surface area contributed by atoms with Gasteiger partial charge in [-0.1, -0.05) is 55.5 Å². The Morgan fingerprint density at radius 3 is 2.52 bits per heavy atom. The third-order valence-electron chi connectivity index (χ3n) is 5.34. The van der Waals surface area contributed by atoms with Crippen LogP contribution in [0, 0.1) is 5.82 Å². The minimum atomic E-state index is -0.372. The number of halogens is 1. The molecule has 1 aliphatic heterocycles. The van der Waals surface area contributed by atoms with Gasteiger partial charge in [0, 0.05) is 11.4 Å². The van der Waals surface area contributed by atoms with E-state index in [1.165, 1.54) is 23.9 Å². The molecular weight excluding hydrogens is 411 g/mol. The smallest absolute Gasteiger partial charge is 0.238 e. The molecule has 1 aliphatic rings. The summed E-state index contributed by atoms with van der Waals surface area (Å²) in [5, 5.41) is 2.76. The van der Waals surface area contributed by atoms with E-state index in [2.05, 4.69) is 5.32 Å². The topological polar surface area (TPSA) is 49.4 Å². The van der Waals surface area contributed by atoms with Crippen molar-refractivity contribution in [3.63, 3.8) is 0 Å². The largest absolute Gasteiger partial charge is 0.326 e. The van der Waals surface area contributed by atoms with Crippen molar-refractivity contribution in [1.29, 1.82) is 0 Å². The van der Waals surface area contributed by atoms with Crippen molar-refractivity contribution in [2.75, 3.05) is 16.0 Å². The molecule has 2 atom stereocenters. The van der Waals surface area contributed by atoms with Crippen LogP contribution in [0.25, 0.3) is 0 Å². The molecule has 2 amide bonds. The normalized spacial score (nSPS) is 16.9. The van der Waals surface area contributed by atoms with Crippen LogP contribution in [0.4, 0.5) is 15.8 Å². The van der Waals surface area contributed by atoms with E-state index < -0.39 is 0 Å². The van der Waals surface area contributed by atoms with Crippen LogP contribution in [-0.2, 0) is 9.59 Å². The summed E-state index contributed by atoms with van der Waals surface area (Å²) in [6.45, 7) is 2.00. The summed E-state index contributed by atoms with van der Waals surface area (Å²) >= 11 is 1.50. The van der Waals surface area contributed by atoms with Crippen molar-refractivity contribution >= 4 is 35.0 Å². The van der Waals surface area contributed by atoms with E-state index in [4.69, 9.17) is 0 Å². The molecule has 3 aromatic rings. The fourth-order valence-electron chi connectivity index (χ4n) is 3.79. The molecule has 0 unspecified atom stereocenters. The molecule has 0 saturated carbocycles. The van der Waals surface area contributed by atoms with E-state index in [-0.39, 0.29) is 28.9 Å². The van der Waals surface area contributed by atoms with Gasteiger partial charge in [0.15, 0.2) is 0 Å². The minimum absolute atomic E-state index is 0.0479. The van der Waals surface area contributed by atoms with Crippen LogP contribution in [0.5, 0.6) is 0 Å². The standard InChI is InChI=1S/C25H23FN2O2S/c1-2-22(17-7-4-3-5-8-17)24(30)27-20-13-11-18(12-14-20)25-28(23(29)16-31-25)21-10-6-9-19(26)15-21/h3-15,22,25H,2,16H2,1H3,(H,27,30)/t22-,25+/m0/s1. The number of nitrogens with zero attached hydrogens (tertiary/aromatic N) is 1. The van der Waals surface area contributed by atoms with Gasteiger partial charge in [-0.25, -0.2) is 4.39 Å². The summed E-state index contributed by atoms with van der Waals surface area (Å²) in [6.07, 6.45) is 0.706. The van der Waals surface area contributed by atoms with Gasteiger partial charge in [0.1, 0.15) is 11.2 Å². The number of anilines is 2. The molecule has 4 nitrogen and oxygen atoms in total. The van der Waals surface area contributed by atoms with Gasteiger partial charge < -0.3 is 5.32 Å². The van der Waals surface area contributed by atoms with E-state index in [1.54, 1.807) is 17.0 Å². The maximum absolute atomic E-state index is 13.7. The van der Waals surface area contributed by atoms with E-state index in [0.717, 1.165) is 11.1 Å². The summed E-state index contributed by atoms with van der Waals surface area (Å²) < 4.78 is 13.7. The van der Waals surface area contributed by atoms with Gasteiger partial charge in [-0.2, -0.15) is 0 Å². The lowest BCUT2D eigenvalue weighted by Crippen LogP contribution is -2.27. The van der Waals surface area contributed by atoms with E-state index in [1.807, 2.05) is 61.5 Å². The van der Waals surface area contributed by atoms with Gasteiger partial charge in [0.2, 0.25) is 11.8 Å². The van der Waals surface area contributed by atoms with Crippen LogP contribution in [0.1, 0.15) is 35.8 Å². The average molecular weight is 435 g/mol. The lowest BCUT2D eigenvalue weighted by atomic mass is 9.95. The van der Waals surface area contributed by atoms with Gasteiger partial charge in [0.05, 0.1) is 11.7 Å². The molecule has 0 aromatic heterocycles. The van der Waals surface area contributed by atoms with Crippen molar-refractivity contribution in [3.05, 3.63) is 95.8 Å². The average Bonchev–Trinajstić information content (AvgIpc) is 3.17. The first-order valence-electron chi connectivity index (χ1n) is 10.2. The molecular formula is C25H23FN2O2S. The lowest BCUT2D eigenvalue weighted by molar-refractivity contribution is -0.118. The predicted octanol–water partition coefficient (Wildman–Crippen LogP) is 5.74. The molecule has 0 bridgehead atoms. The summed E-state index contributed by atoms with van der Waals surface area (Å²) in [6, 6.07) is 23.3. The van der Waals surface area contributed by atoms with Crippen molar-refractivity contribution in [2.45, 2.75) is 24.6 Å². The zero-order valence-corrected chi connectivity index (χ0v) is 17.9. The van der Waals surface area contributed by atoms with Crippen molar-refractivity contribution < 1.29 is 14.0 Å². The molecule has 6 heteroatoms. The molecule has 0 spiro atoms. The maximum atomic E-state index is 13.7. The predicted molar refractivity (Wildman–Crippen MR) is 124 cm³/mol. The highest BCUT2D eigenvalue weighted by Gasteiger charge is 2.34. The van der Waals surface area contributed by atoms with Crippen molar-refractivity contribution in [2.24, 2.45) is 0 Å². The first-order valence-corrected chi connectivity index (χ1v) is 11.3. The zero-order chi connectivity index (χ0) is 21.8. The van der Waals surface area contributed by atoms with Crippen molar-refractivity contribution in [1.82, 2.24) is 0 Å². The van der Waals surface area contributed by atoms with Gasteiger partial charge in [-0.05, 0) is 47.9 Å². The third kappa shape index (κ3) is 4.64. The van der Waals surface area contributed by atoms with E-state index in [9.17, 15) is 14.0 Å². The molecule has 0 radical (unpaired) electrons.